The van der Waals surface area contributed by atoms with Crippen molar-refractivity contribution in [2.45, 2.75) is 90.6 Å². The van der Waals surface area contributed by atoms with E-state index >= 15 is 0 Å². The van der Waals surface area contributed by atoms with Gasteiger partial charge in [0.1, 0.15) is 6.10 Å². The minimum atomic E-state index is -1.97. The first-order chi connectivity index (χ1) is 13.4. The Bertz CT molecular complexity index is 549. The topological polar surface area (TPSA) is 47.6 Å². The van der Waals surface area contributed by atoms with Crippen LogP contribution in [0.2, 0.25) is 18.1 Å². The molecule has 0 aromatic carbocycles. The van der Waals surface area contributed by atoms with Crippen LogP contribution >= 0.6 is 0 Å². The molecule has 0 saturated carbocycles. The van der Waals surface area contributed by atoms with Crippen molar-refractivity contribution in [3.05, 3.63) is 37.0 Å². The van der Waals surface area contributed by atoms with Crippen LogP contribution in [-0.4, -0.2) is 40.1 Å². The fourth-order valence-electron chi connectivity index (χ4n) is 2.86. The van der Waals surface area contributed by atoms with E-state index in [1.165, 1.54) is 0 Å². The van der Waals surface area contributed by atoms with Crippen LogP contribution in [0.15, 0.2) is 37.0 Å². The molecule has 0 radical (unpaired) electrons. The van der Waals surface area contributed by atoms with Crippen LogP contribution in [-0.2, 0) is 14.0 Å². The van der Waals surface area contributed by atoms with Gasteiger partial charge in [-0.15, -0.1) is 13.2 Å². The lowest BCUT2D eigenvalue weighted by Gasteiger charge is -2.42. The highest BCUT2D eigenvalue weighted by molar-refractivity contribution is 6.74. The van der Waals surface area contributed by atoms with E-state index in [1.807, 2.05) is 19.1 Å². The van der Waals surface area contributed by atoms with E-state index in [0.29, 0.717) is 13.0 Å². The number of allylic oxidation sites excluding steroid dienone is 1. The van der Waals surface area contributed by atoms with E-state index < -0.39 is 8.32 Å². The van der Waals surface area contributed by atoms with Crippen molar-refractivity contribution >= 4 is 14.2 Å². The molecule has 0 aromatic rings. The molecular formula is C24H45NO3Si. The Kier molecular flexibility index (Phi) is 12.7. The second-order valence-electron chi connectivity index (χ2n) is 9.46. The van der Waals surface area contributed by atoms with Gasteiger partial charge in [0.05, 0.1) is 6.10 Å². The van der Waals surface area contributed by atoms with E-state index in [-0.39, 0.29) is 29.1 Å². The lowest BCUT2D eigenvalue weighted by molar-refractivity contribution is -0.121. The predicted octanol–water partition coefficient (Wildman–Crippen LogP) is 6.02. The molecule has 0 rings (SSSR count). The van der Waals surface area contributed by atoms with Crippen LogP contribution in [0.1, 0.15) is 60.3 Å². The second kappa shape index (κ2) is 13.2. The van der Waals surface area contributed by atoms with Crippen LogP contribution in [0.3, 0.4) is 0 Å². The number of methoxy groups -OCH3 is 1. The molecule has 4 nitrogen and oxygen atoms in total. The number of ether oxygens (including phenoxy) is 1. The Labute approximate surface area is 181 Å². The Morgan fingerprint density at radius 2 is 1.83 bits per heavy atom. The van der Waals surface area contributed by atoms with Crippen molar-refractivity contribution in [2.24, 2.45) is 5.92 Å². The first-order valence-electron chi connectivity index (χ1n) is 10.8. The van der Waals surface area contributed by atoms with Crippen molar-refractivity contribution in [3.63, 3.8) is 0 Å². The van der Waals surface area contributed by atoms with E-state index in [2.05, 4.69) is 65.3 Å². The minimum absolute atomic E-state index is 0.101. The number of hydrogen-bond acceptors (Lipinski definition) is 3. The monoisotopic (exact) mass is 423 g/mol. The average molecular weight is 424 g/mol. The van der Waals surface area contributed by atoms with Gasteiger partial charge >= 0.3 is 0 Å². The third-order valence-corrected chi connectivity index (χ3v) is 10.2. The zero-order valence-electron chi connectivity index (χ0n) is 20.1. The number of rotatable bonds is 14. The van der Waals surface area contributed by atoms with E-state index in [1.54, 1.807) is 7.11 Å². The van der Waals surface area contributed by atoms with Gasteiger partial charge in [0.15, 0.2) is 8.32 Å². The molecule has 29 heavy (non-hydrogen) atoms. The summed E-state index contributed by atoms with van der Waals surface area (Å²) in [5.41, 5.74) is 1.12. The lowest BCUT2D eigenvalue weighted by Crippen LogP contribution is -2.49. The summed E-state index contributed by atoms with van der Waals surface area (Å²) < 4.78 is 12.4. The summed E-state index contributed by atoms with van der Waals surface area (Å²) in [6.07, 6.45) is 9.05. The Hall–Kier alpha value is -1.17. The molecule has 5 heteroatoms. The number of carbonyl (C=O) groups is 1. The highest BCUT2D eigenvalue weighted by atomic mass is 28.4. The highest BCUT2D eigenvalue weighted by Gasteiger charge is 2.41. The molecule has 168 valence electrons. The number of hydrogen-bond donors (Lipinski definition) is 1. The highest BCUT2D eigenvalue weighted by Crippen LogP contribution is 2.39. The summed E-state index contributed by atoms with van der Waals surface area (Å²) in [5.74, 6) is 0.237. The van der Waals surface area contributed by atoms with Gasteiger partial charge in [-0.25, -0.2) is 0 Å². The molecule has 0 aliphatic rings. The molecule has 0 fully saturated rings. The zero-order valence-corrected chi connectivity index (χ0v) is 21.1. The summed E-state index contributed by atoms with van der Waals surface area (Å²) in [6, 6.07) is 0. The molecule has 0 bridgehead atoms. The summed E-state index contributed by atoms with van der Waals surface area (Å²) >= 11 is 0. The van der Waals surface area contributed by atoms with Crippen molar-refractivity contribution in [1.82, 2.24) is 5.32 Å². The largest absolute Gasteiger partial charge is 0.410 e. The Morgan fingerprint density at radius 3 is 2.31 bits per heavy atom. The lowest BCUT2D eigenvalue weighted by atomic mass is 9.97. The van der Waals surface area contributed by atoms with Crippen LogP contribution in [0, 0.1) is 5.92 Å². The smallest absolute Gasteiger partial charge is 0.220 e. The maximum atomic E-state index is 12.0. The molecule has 1 unspecified atom stereocenters. The van der Waals surface area contributed by atoms with Crippen LogP contribution < -0.4 is 5.32 Å². The number of carbonyl (C=O) groups excluding carboxylic acids is 1. The molecule has 1 amide bonds. The maximum absolute atomic E-state index is 12.0. The molecular weight excluding hydrogens is 378 g/mol. The van der Waals surface area contributed by atoms with Crippen LogP contribution in [0.4, 0.5) is 0 Å². The number of amides is 1. The fourth-order valence-corrected chi connectivity index (χ4v) is 4.24. The first kappa shape index (κ1) is 27.8. The van der Waals surface area contributed by atoms with Gasteiger partial charge in [-0.05, 0) is 44.3 Å². The van der Waals surface area contributed by atoms with Gasteiger partial charge in [-0.1, -0.05) is 51.5 Å². The van der Waals surface area contributed by atoms with Gasteiger partial charge in [-0.2, -0.15) is 0 Å². The van der Waals surface area contributed by atoms with E-state index in [0.717, 1.165) is 24.8 Å². The quantitative estimate of drug-likeness (QED) is 0.211. The van der Waals surface area contributed by atoms with Gasteiger partial charge in [0.2, 0.25) is 5.91 Å². The molecule has 0 aromatic heterocycles. The standard InChI is InChI=1S/C24H45NO3Si/c1-11-13-14-15-16-22(26)25-18-19(3)17-20(4)23(21(12-2)27-8)28-29(9,10)24(5,6)7/h11-12,17,20-21,23H,1-2,13-16,18H2,3-10H3,(H,25,26)/t20?,21-,23-/m0/s1. The Morgan fingerprint density at radius 1 is 1.21 bits per heavy atom. The zero-order chi connectivity index (χ0) is 22.7. The number of nitrogens with one attached hydrogen (secondary N) is 1. The van der Waals surface area contributed by atoms with Crippen molar-refractivity contribution < 1.29 is 14.0 Å². The van der Waals surface area contributed by atoms with Crippen LogP contribution in [0.25, 0.3) is 0 Å². The molecule has 0 aliphatic heterocycles. The molecule has 1 N–H and O–H groups in total. The molecule has 0 spiro atoms. The van der Waals surface area contributed by atoms with Gasteiger partial charge in [0.25, 0.3) is 0 Å². The van der Waals surface area contributed by atoms with Gasteiger partial charge in [0, 0.05) is 26.0 Å². The maximum Gasteiger partial charge on any atom is 0.220 e. The average Bonchev–Trinajstić information content (AvgIpc) is 2.62. The summed E-state index contributed by atoms with van der Waals surface area (Å²) in [7, 11) is -0.271. The predicted molar refractivity (Wildman–Crippen MR) is 128 cm³/mol. The van der Waals surface area contributed by atoms with E-state index in [9.17, 15) is 4.79 Å². The molecule has 0 aliphatic carbocycles. The van der Waals surface area contributed by atoms with Crippen molar-refractivity contribution in [2.75, 3.05) is 13.7 Å². The summed E-state index contributed by atoms with van der Waals surface area (Å²) in [4.78, 5) is 12.0. The molecule has 3 atom stereocenters. The van der Waals surface area contributed by atoms with Crippen molar-refractivity contribution in [3.8, 4) is 0 Å². The first-order valence-corrected chi connectivity index (χ1v) is 13.7. The normalized spacial score (nSPS) is 16.1. The summed E-state index contributed by atoms with van der Waals surface area (Å²) in [5, 5.41) is 3.13. The third kappa shape index (κ3) is 10.4. The summed E-state index contributed by atoms with van der Waals surface area (Å²) in [6.45, 7) is 23.6. The van der Waals surface area contributed by atoms with Crippen LogP contribution in [0.5, 0.6) is 0 Å². The molecule has 0 saturated heterocycles. The Balaban J connectivity index is 5.05. The fraction of sp³-hybridized carbons (Fsp3) is 0.708. The number of unbranched alkanes of at least 4 members (excludes halogenated alkanes) is 2. The third-order valence-electron chi connectivity index (χ3n) is 5.76. The minimum Gasteiger partial charge on any atom is -0.410 e. The van der Waals surface area contributed by atoms with E-state index in [4.69, 9.17) is 9.16 Å². The second-order valence-corrected chi connectivity index (χ2v) is 14.2. The van der Waals surface area contributed by atoms with Crippen molar-refractivity contribution in [1.29, 1.82) is 0 Å². The van der Waals surface area contributed by atoms with Gasteiger partial charge < -0.3 is 14.5 Å². The SMILES string of the molecule is C=CCCCCC(=O)NCC(C)=CC(C)[C@H](O[Si](C)(C)C(C)(C)C)[C@H](C=C)OC. The molecule has 0 heterocycles. The van der Waals surface area contributed by atoms with Gasteiger partial charge in [-0.3, -0.25) is 4.79 Å².